The molecule has 3 aromatic rings. The lowest BCUT2D eigenvalue weighted by Gasteiger charge is -2.07. The Hall–Kier alpha value is -1.84. The van der Waals surface area contributed by atoms with Crippen LogP contribution in [0.5, 0.6) is 0 Å². The van der Waals surface area contributed by atoms with E-state index in [0.29, 0.717) is 21.7 Å². The van der Waals surface area contributed by atoms with Gasteiger partial charge in [-0.3, -0.25) is 0 Å². The number of benzene rings is 2. The predicted octanol–water partition coefficient (Wildman–Crippen LogP) is 4.49. The number of halogens is 2. The van der Waals surface area contributed by atoms with Gasteiger partial charge in [0.1, 0.15) is 5.82 Å². The fourth-order valence-electron chi connectivity index (χ4n) is 1.99. The Bertz CT molecular complexity index is 816. The first-order chi connectivity index (χ1) is 9.54. The third-order valence-electron chi connectivity index (χ3n) is 3.12. The first-order valence-corrected chi connectivity index (χ1v) is 6.79. The van der Waals surface area contributed by atoms with E-state index in [0.717, 1.165) is 22.0 Å². The average Bonchev–Trinajstić information content (AvgIpc) is 2.42. The Balaban J connectivity index is 2.21. The van der Waals surface area contributed by atoms with Crippen LogP contribution in [0.25, 0.3) is 22.3 Å². The molecule has 0 spiro atoms. The van der Waals surface area contributed by atoms with E-state index in [1.54, 1.807) is 12.1 Å². The molecule has 3 rings (SSSR count). The van der Waals surface area contributed by atoms with Gasteiger partial charge in [-0.15, -0.1) is 0 Å². The van der Waals surface area contributed by atoms with Crippen LogP contribution in [0, 0.1) is 6.92 Å². The molecule has 3 nitrogen and oxygen atoms in total. The molecular formula is C15H11Cl2N3. The van der Waals surface area contributed by atoms with E-state index in [-0.39, 0.29) is 0 Å². The fourth-order valence-corrected chi connectivity index (χ4v) is 2.34. The molecule has 1 aromatic heterocycles. The molecule has 100 valence electrons. The van der Waals surface area contributed by atoms with E-state index in [1.807, 2.05) is 31.2 Å². The van der Waals surface area contributed by atoms with Crippen LogP contribution in [0.15, 0.2) is 36.4 Å². The van der Waals surface area contributed by atoms with Crippen LogP contribution in [0.4, 0.5) is 5.82 Å². The van der Waals surface area contributed by atoms with Crippen molar-refractivity contribution in [1.29, 1.82) is 0 Å². The van der Waals surface area contributed by atoms with Crippen molar-refractivity contribution in [3.63, 3.8) is 0 Å². The predicted molar refractivity (Wildman–Crippen MR) is 84.1 cm³/mol. The lowest BCUT2D eigenvalue weighted by molar-refractivity contribution is 1.23. The topological polar surface area (TPSA) is 51.8 Å². The fraction of sp³-hybridized carbons (Fsp3) is 0.0667. The van der Waals surface area contributed by atoms with Crippen molar-refractivity contribution in [2.75, 3.05) is 5.73 Å². The molecule has 0 aliphatic heterocycles. The highest BCUT2D eigenvalue weighted by Crippen LogP contribution is 2.27. The van der Waals surface area contributed by atoms with Gasteiger partial charge in [0.05, 0.1) is 5.52 Å². The van der Waals surface area contributed by atoms with Gasteiger partial charge in [-0.05, 0) is 36.8 Å². The summed E-state index contributed by atoms with van der Waals surface area (Å²) >= 11 is 12.1. The summed E-state index contributed by atoms with van der Waals surface area (Å²) in [6.07, 6.45) is 0. The molecule has 2 aromatic carbocycles. The van der Waals surface area contributed by atoms with Gasteiger partial charge in [0.2, 0.25) is 0 Å². The maximum atomic E-state index is 6.14. The van der Waals surface area contributed by atoms with Crippen LogP contribution in [-0.4, -0.2) is 9.97 Å². The van der Waals surface area contributed by atoms with Gasteiger partial charge in [-0.2, -0.15) is 0 Å². The average molecular weight is 304 g/mol. The molecule has 2 N–H and O–H groups in total. The van der Waals surface area contributed by atoms with Crippen LogP contribution >= 0.6 is 23.2 Å². The zero-order valence-electron chi connectivity index (χ0n) is 10.7. The molecule has 0 atom stereocenters. The number of nitrogens with two attached hydrogens (primary N) is 1. The Kier molecular flexibility index (Phi) is 3.24. The molecule has 0 bridgehead atoms. The maximum absolute atomic E-state index is 6.14. The molecule has 0 aliphatic rings. The third kappa shape index (κ3) is 2.30. The Labute approximate surface area is 126 Å². The van der Waals surface area contributed by atoms with Crippen molar-refractivity contribution in [2.45, 2.75) is 6.92 Å². The molecule has 0 unspecified atom stereocenters. The highest BCUT2D eigenvalue weighted by molar-refractivity contribution is 6.32. The first kappa shape index (κ1) is 13.2. The number of hydrogen-bond acceptors (Lipinski definition) is 3. The molecule has 20 heavy (non-hydrogen) atoms. The van der Waals surface area contributed by atoms with E-state index in [4.69, 9.17) is 28.9 Å². The summed E-state index contributed by atoms with van der Waals surface area (Å²) in [6, 6.07) is 11.1. The monoisotopic (exact) mass is 303 g/mol. The highest BCUT2D eigenvalue weighted by Gasteiger charge is 2.09. The molecule has 1 heterocycles. The number of nitrogens with zero attached hydrogens (tertiary/aromatic N) is 2. The van der Waals surface area contributed by atoms with Crippen molar-refractivity contribution in [2.24, 2.45) is 0 Å². The second-order valence-corrected chi connectivity index (χ2v) is 5.40. The van der Waals surface area contributed by atoms with E-state index in [9.17, 15) is 0 Å². The summed E-state index contributed by atoms with van der Waals surface area (Å²) < 4.78 is 0. The Morgan fingerprint density at radius 2 is 1.80 bits per heavy atom. The Morgan fingerprint density at radius 3 is 2.55 bits per heavy atom. The smallest absolute Gasteiger partial charge is 0.162 e. The molecule has 0 saturated heterocycles. The van der Waals surface area contributed by atoms with Gasteiger partial charge >= 0.3 is 0 Å². The van der Waals surface area contributed by atoms with Crippen LogP contribution in [-0.2, 0) is 0 Å². The summed E-state index contributed by atoms with van der Waals surface area (Å²) in [5.41, 5.74) is 8.59. The first-order valence-electron chi connectivity index (χ1n) is 6.04. The lowest BCUT2D eigenvalue weighted by atomic mass is 10.1. The number of fused-ring (bicyclic) bond motifs is 1. The molecule has 0 aliphatic carbocycles. The van der Waals surface area contributed by atoms with Crippen LogP contribution in [0.2, 0.25) is 10.0 Å². The number of aryl methyl sites for hydroxylation is 1. The largest absolute Gasteiger partial charge is 0.383 e. The quantitative estimate of drug-likeness (QED) is 0.720. The summed E-state index contributed by atoms with van der Waals surface area (Å²) in [7, 11) is 0. The van der Waals surface area contributed by atoms with Crippen molar-refractivity contribution in [1.82, 2.24) is 9.97 Å². The SMILES string of the molecule is Cc1ccc(-c2nc(N)c3cc(Cl)ccc3n2)cc1Cl. The summed E-state index contributed by atoms with van der Waals surface area (Å²) in [5.74, 6) is 0.961. The normalized spacial score (nSPS) is 10.9. The number of anilines is 1. The standard InChI is InChI=1S/C15H11Cl2N3/c1-8-2-3-9(6-12(8)17)15-19-13-5-4-10(16)7-11(13)14(18)20-15/h2-7H,1H3,(H2,18,19,20). The van der Waals surface area contributed by atoms with Crippen molar-refractivity contribution in [3.05, 3.63) is 52.0 Å². The van der Waals surface area contributed by atoms with Crippen LogP contribution < -0.4 is 5.73 Å². The Morgan fingerprint density at radius 1 is 1.00 bits per heavy atom. The molecular weight excluding hydrogens is 293 g/mol. The molecule has 0 radical (unpaired) electrons. The van der Waals surface area contributed by atoms with Gasteiger partial charge in [0.15, 0.2) is 5.82 Å². The second-order valence-electron chi connectivity index (χ2n) is 4.56. The van der Waals surface area contributed by atoms with Crippen LogP contribution in [0.1, 0.15) is 5.56 Å². The minimum Gasteiger partial charge on any atom is -0.383 e. The van der Waals surface area contributed by atoms with E-state index in [1.165, 1.54) is 0 Å². The van der Waals surface area contributed by atoms with E-state index >= 15 is 0 Å². The lowest BCUT2D eigenvalue weighted by Crippen LogP contribution is -1.98. The zero-order valence-corrected chi connectivity index (χ0v) is 12.2. The minimum absolute atomic E-state index is 0.407. The number of hydrogen-bond donors (Lipinski definition) is 1. The van der Waals surface area contributed by atoms with Crippen molar-refractivity contribution in [3.8, 4) is 11.4 Å². The third-order valence-corrected chi connectivity index (χ3v) is 3.76. The highest BCUT2D eigenvalue weighted by atomic mass is 35.5. The summed E-state index contributed by atoms with van der Waals surface area (Å²) in [6.45, 7) is 1.95. The van der Waals surface area contributed by atoms with Gasteiger partial charge in [-0.25, -0.2) is 9.97 Å². The van der Waals surface area contributed by atoms with E-state index < -0.39 is 0 Å². The molecule has 0 fully saturated rings. The maximum Gasteiger partial charge on any atom is 0.162 e. The summed E-state index contributed by atoms with van der Waals surface area (Å²) in [5, 5.41) is 2.04. The molecule has 5 heteroatoms. The van der Waals surface area contributed by atoms with Gasteiger partial charge < -0.3 is 5.73 Å². The minimum atomic E-state index is 0.407. The molecule has 0 amide bonds. The van der Waals surface area contributed by atoms with Gasteiger partial charge in [0, 0.05) is 21.0 Å². The molecule has 0 saturated carbocycles. The second kappa shape index (κ2) is 4.93. The van der Waals surface area contributed by atoms with E-state index in [2.05, 4.69) is 9.97 Å². The van der Waals surface area contributed by atoms with Crippen LogP contribution in [0.3, 0.4) is 0 Å². The zero-order chi connectivity index (χ0) is 14.3. The number of nitrogen functional groups attached to an aromatic ring is 1. The van der Waals surface area contributed by atoms with Crippen molar-refractivity contribution >= 4 is 39.9 Å². The van der Waals surface area contributed by atoms with Crippen molar-refractivity contribution < 1.29 is 0 Å². The van der Waals surface area contributed by atoms with Gasteiger partial charge in [-0.1, -0.05) is 35.3 Å². The number of rotatable bonds is 1. The summed E-state index contributed by atoms with van der Waals surface area (Å²) in [4.78, 5) is 8.84. The van der Waals surface area contributed by atoms with Gasteiger partial charge in [0.25, 0.3) is 0 Å². The number of aromatic nitrogens is 2.